The Balaban J connectivity index is 1.77. The lowest BCUT2D eigenvalue weighted by Crippen LogP contribution is -2.47. The Labute approximate surface area is 131 Å². The van der Waals surface area contributed by atoms with Crippen LogP contribution in [-0.4, -0.2) is 29.7 Å². The van der Waals surface area contributed by atoms with Gasteiger partial charge in [0.1, 0.15) is 5.82 Å². The van der Waals surface area contributed by atoms with Crippen LogP contribution in [-0.2, 0) is 16.1 Å². The molecule has 4 nitrogen and oxygen atoms in total. The third-order valence-corrected chi connectivity index (χ3v) is 3.99. The summed E-state index contributed by atoms with van der Waals surface area (Å²) in [5.41, 5.74) is 0.410. The second kappa shape index (κ2) is 6.34. The maximum absolute atomic E-state index is 12.8. The van der Waals surface area contributed by atoms with Crippen LogP contribution in [0.3, 0.4) is 0 Å². The van der Waals surface area contributed by atoms with Crippen molar-refractivity contribution in [3.05, 3.63) is 35.6 Å². The molecule has 1 amide bonds. The molecular formula is C17H25FN2O2. The second-order valence-electron chi connectivity index (χ2n) is 7.01. The summed E-state index contributed by atoms with van der Waals surface area (Å²) in [6.07, 6.45) is 0.866. The van der Waals surface area contributed by atoms with Gasteiger partial charge in [-0.05, 0) is 51.8 Å². The molecule has 0 saturated carbocycles. The molecule has 1 heterocycles. The largest absolute Gasteiger partial charge is 0.368 e. The number of carbonyl (C=O) groups is 1. The van der Waals surface area contributed by atoms with E-state index in [0.717, 1.165) is 12.0 Å². The Hall–Kier alpha value is -1.46. The van der Waals surface area contributed by atoms with Crippen molar-refractivity contribution >= 4 is 5.91 Å². The van der Waals surface area contributed by atoms with Crippen molar-refractivity contribution in [3.8, 4) is 0 Å². The molecule has 0 unspecified atom stereocenters. The molecular weight excluding hydrogens is 283 g/mol. The van der Waals surface area contributed by atoms with Crippen LogP contribution in [0.25, 0.3) is 0 Å². The summed E-state index contributed by atoms with van der Waals surface area (Å²) in [5, 5.41) is 6.10. The second-order valence-corrected chi connectivity index (χ2v) is 7.01. The summed E-state index contributed by atoms with van der Waals surface area (Å²) < 4.78 is 18.8. The van der Waals surface area contributed by atoms with E-state index < -0.39 is 0 Å². The van der Waals surface area contributed by atoms with Crippen molar-refractivity contribution in [2.45, 2.75) is 57.9 Å². The first kappa shape index (κ1) is 16.9. The minimum absolute atomic E-state index is 0.0789. The highest BCUT2D eigenvalue weighted by Crippen LogP contribution is 2.37. The lowest BCUT2D eigenvalue weighted by atomic mass is 9.94. The Bertz CT molecular complexity index is 526. The zero-order chi connectivity index (χ0) is 16.4. The van der Waals surface area contributed by atoms with Crippen molar-refractivity contribution in [1.82, 2.24) is 10.6 Å². The van der Waals surface area contributed by atoms with Gasteiger partial charge < -0.3 is 15.4 Å². The van der Waals surface area contributed by atoms with Gasteiger partial charge in [-0.2, -0.15) is 0 Å². The smallest absolute Gasteiger partial charge is 0.234 e. The molecule has 0 spiro atoms. The van der Waals surface area contributed by atoms with E-state index in [2.05, 4.69) is 24.5 Å². The first-order valence-corrected chi connectivity index (χ1v) is 7.63. The number of benzene rings is 1. The quantitative estimate of drug-likeness (QED) is 0.878. The summed E-state index contributed by atoms with van der Waals surface area (Å²) in [6.45, 7) is 8.84. The van der Waals surface area contributed by atoms with E-state index in [1.165, 1.54) is 12.1 Å². The molecule has 1 aromatic rings. The first-order chi connectivity index (χ1) is 10.2. The Kier molecular flexibility index (Phi) is 4.87. The van der Waals surface area contributed by atoms with Gasteiger partial charge >= 0.3 is 0 Å². The van der Waals surface area contributed by atoms with Crippen LogP contribution >= 0.6 is 0 Å². The van der Waals surface area contributed by atoms with Gasteiger partial charge in [-0.1, -0.05) is 12.1 Å². The van der Waals surface area contributed by atoms with E-state index in [9.17, 15) is 9.18 Å². The molecule has 22 heavy (non-hydrogen) atoms. The van der Waals surface area contributed by atoms with Crippen LogP contribution in [0.5, 0.6) is 0 Å². The molecule has 1 aliphatic heterocycles. The molecule has 1 atom stereocenters. The van der Waals surface area contributed by atoms with Crippen LogP contribution in [0, 0.1) is 5.82 Å². The fourth-order valence-corrected chi connectivity index (χ4v) is 2.96. The van der Waals surface area contributed by atoms with Crippen molar-refractivity contribution in [2.24, 2.45) is 0 Å². The van der Waals surface area contributed by atoms with Crippen LogP contribution < -0.4 is 10.6 Å². The number of rotatable bonds is 5. The maximum atomic E-state index is 12.8. The number of hydrogen-bond donors (Lipinski definition) is 2. The Morgan fingerprint density at radius 1 is 1.27 bits per heavy atom. The van der Waals surface area contributed by atoms with Gasteiger partial charge in [0.2, 0.25) is 5.91 Å². The van der Waals surface area contributed by atoms with E-state index in [-0.39, 0.29) is 35.5 Å². The monoisotopic (exact) mass is 308 g/mol. The molecule has 0 aliphatic carbocycles. The van der Waals surface area contributed by atoms with Gasteiger partial charge in [0.05, 0.1) is 17.7 Å². The third-order valence-electron chi connectivity index (χ3n) is 3.99. The predicted octanol–water partition coefficient (Wildman–Crippen LogP) is 2.38. The summed E-state index contributed by atoms with van der Waals surface area (Å²) in [6, 6.07) is 6.25. The Morgan fingerprint density at radius 3 is 2.45 bits per heavy atom. The molecule has 1 aliphatic rings. The molecule has 5 heteroatoms. The maximum Gasteiger partial charge on any atom is 0.234 e. The zero-order valence-electron chi connectivity index (χ0n) is 13.7. The molecule has 122 valence electrons. The molecule has 0 aromatic heterocycles. The van der Waals surface area contributed by atoms with Crippen molar-refractivity contribution in [3.63, 3.8) is 0 Å². The fourth-order valence-electron chi connectivity index (χ4n) is 2.96. The fraction of sp³-hybridized carbons (Fsp3) is 0.588. The SMILES string of the molecule is CC1(C)C[C@H](NCC(=O)NCc2ccc(F)cc2)C(C)(C)O1. The normalized spacial score (nSPS) is 22.5. The minimum atomic E-state index is -0.291. The lowest BCUT2D eigenvalue weighted by molar-refractivity contribution is -0.120. The molecule has 0 radical (unpaired) electrons. The van der Waals surface area contributed by atoms with Crippen molar-refractivity contribution < 1.29 is 13.9 Å². The number of nitrogens with one attached hydrogen (secondary N) is 2. The van der Waals surface area contributed by atoms with Gasteiger partial charge in [-0.25, -0.2) is 4.39 Å². The molecule has 2 rings (SSSR count). The van der Waals surface area contributed by atoms with Gasteiger partial charge in [0, 0.05) is 12.6 Å². The van der Waals surface area contributed by atoms with Crippen molar-refractivity contribution in [2.75, 3.05) is 6.54 Å². The summed E-state index contributed by atoms with van der Waals surface area (Å²) in [7, 11) is 0. The lowest BCUT2D eigenvalue weighted by Gasteiger charge is -2.27. The summed E-state index contributed by atoms with van der Waals surface area (Å²) in [5.74, 6) is -0.354. The highest BCUT2D eigenvalue weighted by atomic mass is 19.1. The Morgan fingerprint density at radius 2 is 1.91 bits per heavy atom. The predicted molar refractivity (Wildman–Crippen MR) is 83.9 cm³/mol. The van der Waals surface area contributed by atoms with E-state index in [0.29, 0.717) is 6.54 Å². The van der Waals surface area contributed by atoms with Crippen LogP contribution in [0.4, 0.5) is 4.39 Å². The van der Waals surface area contributed by atoms with Gasteiger partial charge in [0.25, 0.3) is 0 Å². The average molecular weight is 308 g/mol. The first-order valence-electron chi connectivity index (χ1n) is 7.63. The number of carbonyl (C=O) groups excluding carboxylic acids is 1. The van der Waals surface area contributed by atoms with E-state index in [1.807, 2.05) is 13.8 Å². The van der Waals surface area contributed by atoms with Gasteiger partial charge in [-0.3, -0.25) is 4.79 Å². The van der Waals surface area contributed by atoms with E-state index in [4.69, 9.17) is 4.74 Å². The summed E-state index contributed by atoms with van der Waals surface area (Å²) >= 11 is 0. The highest BCUT2D eigenvalue weighted by Gasteiger charge is 2.45. The molecule has 1 saturated heterocycles. The van der Waals surface area contributed by atoms with Crippen LogP contribution in [0.15, 0.2) is 24.3 Å². The van der Waals surface area contributed by atoms with Crippen molar-refractivity contribution in [1.29, 1.82) is 0 Å². The summed E-state index contributed by atoms with van der Waals surface area (Å²) in [4.78, 5) is 11.9. The molecule has 1 aromatic carbocycles. The topological polar surface area (TPSA) is 50.4 Å². The average Bonchev–Trinajstić information content (AvgIpc) is 2.63. The highest BCUT2D eigenvalue weighted by molar-refractivity contribution is 5.78. The van der Waals surface area contributed by atoms with Crippen LogP contribution in [0.2, 0.25) is 0 Å². The standard InChI is InChI=1S/C17H25FN2O2/c1-16(2)9-14(17(3,4)22-16)19-11-15(21)20-10-12-5-7-13(18)8-6-12/h5-8,14,19H,9-11H2,1-4H3,(H,20,21)/t14-/m0/s1. The van der Waals surface area contributed by atoms with E-state index in [1.54, 1.807) is 12.1 Å². The minimum Gasteiger partial charge on any atom is -0.368 e. The zero-order valence-corrected chi connectivity index (χ0v) is 13.7. The number of hydrogen-bond acceptors (Lipinski definition) is 3. The molecule has 2 N–H and O–H groups in total. The third kappa shape index (κ3) is 4.52. The van der Waals surface area contributed by atoms with Gasteiger partial charge in [-0.15, -0.1) is 0 Å². The number of halogens is 1. The molecule has 1 fully saturated rings. The van der Waals surface area contributed by atoms with Gasteiger partial charge in [0.15, 0.2) is 0 Å². The van der Waals surface area contributed by atoms with Crippen LogP contribution in [0.1, 0.15) is 39.7 Å². The number of amides is 1. The molecule has 0 bridgehead atoms. The number of ether oxygens (including phenoxy) is 1. The van der Waals surface area contributed by atoms with E-state index >= 15 is 0 Å².